The van der Waals surface area contributed by atoms with Crippen molar-refractivity contribution in [1.29, 1.82) is 0 Å². The van der Waals surface area contributed by atoms with Gasteiger partial charge < -0.3 is 0 Å². The normalized spacial score (nSPS) is 24.3. The number of terminal acetylenes is 1. The van der Waals surface area contributed by atoms with Crippen LogP contribution in [-0.4, -0.2) is 55.0 Å². The number of piperazine rings is 1. The Hall–Kier alpha value is -0.660. The summed E-state index contributed by atoms with van der Waals surface area (Å²) in [7, 11) is 0. The molecule has 1 atom stereocenters. The van der Waals surface area contributed by atoms with Crippen molar-refractivity contribution >= 4 is 0 Å². The Balaban J connectivity index is 2.46. The summed E-state index contributed by atoms with van der Waals surface area (Å²) in [5, 5.41) is 0. The van der Waals surface area contributed by atoms with Gasteiger partial charge in [-0.25, -0.2) is 8.78 Å². The molecule has 0 saturated carbocycles. The summed E-state index contributed by atoms with van der Waals surface area (Å²) in [6, 6.07) is 0.223. The third-order valence-electron chi connectivity index (χ3n) is 2.85. The van der Waals surface area contributed by atoms with Gasteiger partial charge in [0.1, 0.15) is 0 Å². The highest BCUT2D eigenvalue weighted by atomic mass is 19.3. The van der Waals surface area contributed by atoms with Gasteiger partial charge in [-0.1, -0.05) is 12.8 Å². The first-order valence-corrected chi connectivity index (χ1v) is 5.35. The van der Waals surface area contributed by atoms with Crippen LogP contribution in [0.3, 0.4) is 0 Å². The maximum atomic E-state index is 12.3. The number of nitrogens with zero attached hydrogens (tertiary/aromatic N) is 2. The van der Waals surface area contributed by atoms with Crippen LogP contribution in [0.2, 0.25) is 0 Å². The largest absolute Gasteiger partial charge is 0.292 e. The molecule has 1 heterocycles. The van der Waals surface area contributed by atoms with Crippen molar-refractivity contribution in [3.8, 4) is 12.3 Å². The molecule has 0 aliphatic carbocycles. The number of halogens is 2. The van der Waals surface area contributed by atoms with E-state index in [1.54, 1.807) is 0 Å². The molecule has 1 aliphatic heterocycles. The molecule has 1 aliphatic rings. The van der Waals surface area contributed by atoms with Crippen LogP contribution in [0.25, 0.3) is 0 Å². The molecule has 0 aromatic carbocycles. The van der Waals surface area contributed by atoms with E-state index in [0.717, 1.165) is 19.5 Å². The predicted octanol–water partition coefficient (Wildman–Crippen LogP) is 1.28. The van der Waals surface area contributed by atoms with Crippen molar-refractivity contribution in [2.75, 3.05) is 32.7 Å². The molecule has 1 saturated heterocycles. The molecule has 1 rings (SSSR count). The van der Waals surface area contributed by atoms with Crippen molar-refractivity contribution < 1.29 is 8.78 Å². The molecule has 0 N–H and O–H groups in total. The molecule has 15 heavy (non-hydrogen) atoms. The van der Waals surface area contributed by atoms with Crippen LogP contribution in [0, 0.1) is 12.3 Å². The van der Waals surface area contributed by atoms with Crippen molar-refractivity contribution in [2.45, 2.75) is 25.8 Å². The second-order valence-corrected chi connectivity index (χ2v) is 3.89. The highest BCUT2D eigenvalue weighted by Gasteiger charge is 2.26. The molecular formula is C11H18F2N2. The summed E-state index contributed by atoms with van der Waals surface area (Å²) in [6.45, 7) is 4.86. The third-order valence-corrected chi connectivity index (χ3v) is 2.85. The van der Waals surface area contributed by atoms with E-state index < -0.39 is 6.43 Å². The average Bonchev–Trinajstić information content (AvgIpc) is 2.20. The van der Waals surface area contributed by atoms with Crippen LogP contribution in [0.4, 0.5) is 8.78 Å². The zero-order valence-electron chi connectivity index (χ0n) is 9.13. The third kappa shape index (κ3) is 3.77. The van der Waals surface area contributed by atoms with Gasteiger partial charge in [-0.15, -0.1) is 6.42 Å². The summed E-state index contributed by atoms with van der Waals surface area (Å²) in [6.07, 6.45) is 3.90. The minimum absolute atomic E-state index is 0.109. The minimum Gasteiger partial charge on any atom is -0.292 e. The molecule has 2 nitrogen and oxygen atoms in total. The van der Waals surface area contributed by atoms with E-state index in [0.29, 0.717) is 13.1 Å². The van der Waals surface area contributed by atoms with Gasteiger partial charge in [-0.3, -0.25) is 9.80 Å². The molecule has 1 fully saturated rings. The molecule has 86 valence electrons. The fourth-order valence-electron chi connectivity index (χ4n) is 2.03. The van der Waals surface area contributed by atoms with Crippen molar-refractivity contribution in [1.82, 2.24) is 9.80 Å². The van der Waals surface area contributed by atoms with Gasteiger partial charge >= 0.3 is 0 Å². The number of alkyl halides is 2. The molecule has 0 bridgehead atoms. The van der Waals surface area contributed by atoms with E-state index in [-0.39, 0.29) is 12.6 Å². The Kier molecular flexibility index (Phi) is 5.00. The fourth-order valence-corrected chi connectivity index (χ4v) is 2.03. The van der Waals surface area contributed by atoms with Gasteiger partial charge in [0.05, 0.1) is 13.1 Å². The molecule has 0 amide bonds. The molecule has 1 unspecified atom stereocenters. The van der Waals surface area contributed by atoms with E-state index in [1.165, 1.54) is 0 Å². The first-order chi connectivity index (χ1) is 7.17. The molecular weight excluding hydrogens is 198 g/mol. The second-order valence-electron chi connectivity index (χ2n) is 3.89. The topological polar surface area (TPSA) is 6.48 Å². The Morgan fingerprint density at radius 3 is 2.73 bits per heavy atom. The summed E-state index contributed by atoms with van der Waals surface area (Å²) in [5.41, 5.74) is 0. The maximum absolute atomic E-state index is 12.3. The van der Waals surface area contributed by atoms with Crippen molar-refractivity contribution in [2.24, 2.45) is 0 Å². The predicted molar refractivity (Wildman–Crippen MR) is 56.9 cm³/mol. The molecule has 0 aromatic heterocycles. The van der Waals surface area contributed by atoms with Gasteiger partial charge in [-0.05, 0) is 6.42 Å². The summed E-state index contributed by atoms with van der Waals surface area (Å²) < 4.78 is 24.6. The molecule has 0 spiro atoms. The Morgan fingerprint density at radius 2 is 2.20 bits per heavy atom. The van der Waals surface area contributed by atoms with Gasteiger partial charge in [0.25, 0.3) is 6.43 Å². The van der Waals surface area contributed by atoms with Crippen LogP contribution in [0.5, 0.6) is 0 Å². The van der Waals surface area contributed by atoms with Crippen molar-refractivity contribution in [3.05, 3.63) is 0 Å². The molecule has 0 radical (unpaired) electrons. The summed E-state index contributed by atoms with van der Waals surface area (Å²) in [4.78, 5) is 4.02. The lowest BCUT2D eigenvalue weighted by Crippen LogP contribution is -2.53. The highest BCUT2D eigenvalue weighted by Crippen LogP contribution is 2.14. The maximum Gasteiger partial charge on any atom is 0.251 e. The lowest BCUT2D eigenvalue weighted by Gasteiger charge is -2.40. The van der Waals surface area contributed by atoms with Crippen LogP contribution >= 0.6 is 0 Å². The lowest BCUT2D eigenvalue weighted by atomic mass is 10.1. The van der Waals surface area contributed by atoms with Gasteiger partial charge in [-0.2, -0.15) is 0 Å². The van der Waals surface area contributed by atoms with Gasteiger partial charge in [0.15, 0.2) is 0 Å². The number of rotatable bonds is 4. The number of hydrogen-bond donors (Lipinski definition) is 0. The Labute approximate surface area is 90.2 Å². The second kappa shape index (κ2) is 6.04. The Morgan fingerprint density at radius 1 is 1.47 bits per heavy atom. The highest BCUT2D eigenvalue weighted by molar-refractivity contribution is 4.92. The summed E-state index contributed by atoms with van der Waals surface area (Å²) >= 11 is 0. The van der Waals surface area contributed by atoms with E-state index in [4.69, 9.17) is 6.42 Å². The van der Waals surface area contributed by atoms with E-state index in [9.17, 15) is 8.78 Å². The van der Waals surface area contributed by atoms with Crippen molar-refractivity contribution in [3.63, 3.8) is 0 Å². The smallest absolute Gasteiger partial charge is 0.251 e. The zero-order chi connectivity index (χ0) is 11.3. The van der Waals surface area contributed by atoms with Gasteiger partial charge in [0.2, 0.25) is 0 Å². The fraction of sp³-hybridized carbons (Fsp3) is 0.818. The quantitative estimate of drug-likeness (QED) is 0.653. The number of hydrogen-bond acceptors (Lipinski definition) is 2. The minimum atomic E-state index is -2.24. The van der Waals surface area contributed by atoms with Crippen LogP contribution in [0.1, 0.15) is 13.3 Å². The van der Waals surface area contributed by atoms with E-state index in [2.05, 4.69) is 10.8 Å². The van der Waals surface area contributed by atoms with E-state index >= 15 is 0 Å². The van der Waals surface area contributed by atoms with Crippen LogP contribution < -0.4 is 0 Å². The average molecular weight is 216 g/mol. The first kappa shape index (κ1) is 12.4. The van der Waals surface area contributed by atoms with Crippen LogP contribution in [0.15, 0.2) is 0 Å². The standard InChI is InChI=1S/C11H18F2N2/c1-3-5-14-6-7-15(9-11(12)13)10(4-2)8-14/h1,10-11H,4-9H2,2H3. The lowest BCUT2D eigenvalue weighted by molar-refractivity contribution is 0.0230. The summed E-state index contributed by atoms with van der Waals surface area (Å²) in [5.74, 6) is 2.60. The first-order valence-electron chi connectivity index (χ1n) is 5.35. The van der Waals surface area contributed by atoms with E-state index in [1.807, 2.05) is 11.8 Å². The van der Waals surface area contributed by atoms with Crippen LogP contribution in [-0.2, 0) is 0 Å². The Bertz CT molecular complexity index is 225. The molecule has 4 heteroatoms. The SMILES string of the molecule is C#CCN1CCN(CC(F)F)C(CC)C1. The van der Waals surface area contributed by atoms with Gasteiger partial charge in [0, 0.05) is 25.7 Å². The monoisotopic (exact) mass is 216 g/mol. The zero-order valence-corrected chi connectivity index (χ0v) is 9.13. The molecule has 0 aromatic rings.